The van der Waals surface area contributed by atoms with Crippen LogP contribution in [0.5, 0.6) is 0 Å². The van der Waals surface area contributed by atoms with Crippen molar-refractivity contribution >= 4 is 15.5 Å². The van der Waals surface area contributed by atoms with Crippen molar-refractivity contribution < 1.29 is 22.8 Å². The van der Waals surface area contributed by atoms with Gasteiger partial charge in [-0.15, -0.1) is 0 Å². The maximum atomic E-state index is 10.5. The second-order valence-electron chi connectivity index (χ2n) is 1.88. The summed E-state index contributed by atoms with van der Waals surface area (Å²) in [6.45, 7) is 3.68. The summed E-state index contributed by atoms with van der Waals surface area (Å²) in [4.78, 5) is 10.5. The summed E-state index contributed by atoms with van der Waals surface area (Å²) in [6.07, 6.45) is 1.10. The molecular formula is C7H13O5Si. The lowest BCUT2D eigenvalue weighted by molar-refractivity contribution is -0.138. The number of ether oxygens (including phenoxy) is 1. The minimum atomic E-state index is -1.64. The molecule has 0 aromatic carbocycles. The molecule has 0 spiro atoms. The summed E-state index contributed by atoms with van der Waals surface area (Å²) < 4.78 is 19.4. The van der Waals surface area contributed by atoms with Gasteiger partial charge in [-0.05, 0) is 0 Å². The van der Waals surface area contributed by atoms with Crippen molar-refractivity contribution in [3.63, 3.8) is 0 Å². The van der Waals surface area contributed by atoms with Crippen molar-refractivity contribution in [1.82, 2.24) is 0 Å². The highest BCUT2D eigenvalue weighted by atomic mass is 28.3. The Morgan fingerprint density at radius 1 is 1.38 bits per heavy atom. The monoisotopic (exact) mass is 205 g/mol. The van der Waals surface area contributed by atoms with E-state index in [2.05, 4.69) is 11.3 Å². The van der Waals surface area contributed by atoms with Crippen molar-refractivity contribution in [1.29, 1.82) is 0 Å². The van der Waals surface area contributed by atoms with Gasteiger partial charge in [0.2, 0.25) is 0 Å². The van der Waals surface area contributed by atoms with Crippen LogP contribution in [0.25, 0.3) is 0 Å². The Hall–Kier alpha value is -0.693. The summed E-state index contributed by atoms with van der Waals surface area (Å²) in [5.41, 5.74) is 0. The van der Waals surface area contributed by atoms with Gasteiger partial charge in [0.15, 0.2) is 0 Å². The molecule has 0 saturated carbocycles. The predicted molar refractivity (Wildman–Crippen MR) is 46.9 cm³/mol. The van der Waals surface area contributed by atoms with Crippen LogP contribution in [-0.2, 0) is 22.8 Å². The van der Waals surface area contributed by atoms with Gasteiger partial charge in [0.25, 0.3) is 0 Å². The first-order chi connectivity index (χ1) is 6.24. The first-order valence-corrected chi connectivity index (χ1v) is 4.84. The number of hydrogen-bond acceptors (Lipinski definition) is 5. The fraction of sp³-hybridized carbons (Fsp3) is 0.571. The largest absolute Gasteiger partial charge is 0.577 e. The molecule has 0 atom stereocenters. The van der Waals surface area contributed by atoms with Gasteiger partial charge in [-0.25, -0.2) is 4.79 Å². The van der Waals surface area contributed by atoms with Crippen LogP contribution in [0.4, 0.5) is 0 Å². The maximum Gasteiger partial charge on any atom is 0.577 e. The van der Waals surface area contributed by atoms with E-state index in [1.165, 1.54) is 14.2 Å². The molecular weight excluding hydrogens is 192 g/mol. The second-order valence-corrected chi connectivity index (χ2v) is 3.48. The average Bonchev–Trinajstić information content (AvgIpc) is 2.18. The maximum absolute atomic E-state index is 10.5. The van der Waals surface area contributed by atoms with Gasteiger partial charge in [-0.3, -0.25) is 0 Å². The van der Waals surface area contributed by atoms with Crippen molar-refractivity contribution in [2.75, 3.05) is 27.4 Å². The van der Waals surface area contributed by atoms with E-state index in [1.54, 1.807) is 0 Å². The van der Waals surface area contributed by atoms with Gasteiger partial charge in [-0.1, -0.05) is 6.58 Å². The van der Waals surface area contributed by atoms with E-state index in [0.29, 0.717) is 0 Å². The zero-order valence-corrected chi connectivity index (χ0v) is 8.74. The van der Waals surface area contributed by atoms with E-state index in [4.69, 9.17) is 13.3 Å². The van der Waals surface area contributed by atoms with Crippen LogP contribution in [0.15, 0.2) is 12.7 Å². The minimum Gasteiger partial charge on any atom is -0.460 e. The Labute approximate surface area is 79.2 Å². The lowest BCUT2D eigenvalue weighted by Gasteiger charge is -2.08. The van der Waals surface area contributed by atoms with Crippen molar-refractivity contribution in [2.24, 2.45) is 0 Å². The molecule has 0 fully saturated rings. The minimum absolute atomic E-state index is 0.172. The summed E-state index contributed by atoms with van der Waals surface area (Å²) in [5, 5.41) is 0. The molecule has 0 bridgehead atoms. The zero-order chi connectivity index (χ0) is 10.1. The van der Waals surface area contributed by atoms with Gasteiger partial charge >= 0.3 is 15.5 Å². The predicted octanol–water partition coefficient (Wildman–Crippen LogP) is 0.00990. The molecule has 0 unspecified atom stereocenters. The van der Waals surface area contributed by atoms with Crippen LogP contribution in [0.3, 0.4) is 0 Å². The lowest BCUT2D eigenvalue weighted by Crippen LogP contribution is -2.26. The normalized spacial score (nSPS) is 10.1. The summed E-state index contributed by atoms with van der Waals surface area (Å²) in [6, 6.07) is 0. The second kappa shape index (κ2) is 7.93. The molecule has 0 rings (SSSR count). The van der Waals surface area contributed by atoms with Crippen LogP contribution in [0.2, 0.25) is 0 Å². The quantitative estimate of drug-likeness (QED) is 0.254. The molecule has 13 heavy (non-hydrogen) atoms. The number of hydrogen-bond donors (Lipinski definition) is 0. The Balaban J connectivity index is 3.33. The van der Waals surface area contributed by atoms with Crippen molar-refractivity contribution in [2.45, 2.75) is 0 Å². The number of rotatable bonds is 7. The van der Waals surface area contributed by atoms with E-state index in [9.17, 15) is 4.79 Å². The van der Waals surface area contributed by atoms with Crippen LogP contribution >= 0.6 is 0 Å². The lowest BCUT2D eigenvalue weighted by atomic mass is 10.6. The van der Waals surface area contributed by atoms with Crippen LogP contribution in [-0.4, -0.2) is 42.9 Å². The third-order valence-corrected chi connectivity index (χ3v) is 2.15. The SMILES string of the molecule is C=CC(=O)OCCO[Si](OC)OC. The molecule has 1 radical (unpaired) electrons. The molecule has 0 aliphatic rings. The van der Waals surface area contributed by atoms with Crippen LogP contribution in [0, 0.1) is 0 Å². The van der Waals surface area contributed by atoms with Gasteiger partial charge in [0, 0.05) is 20.3 Å². The molecule has 0 amide bonds. The number of carbonyl (C=O) groups excluding carboxylic acids is 1. The molecule has 6 heteroatoms. The summed E-state index contributed by atoms with van der Waals surface area (Å²) in [5.74, 6) is -0.466. The summed E-state index contributed by atoms with van der Waals surface area (Å²) >= 11 is 0. The topological polar surface area (TPSA) is 54.0 Å². The molecule has 5 nitrogen and oxygen atoms in total. The first-order valence-electron chi connectivity index (χ1n) is 3.61. The smallest absolute Gasteiger partial charge is 0.460 e. The Bertz CT molecular complexity index is 157. The molecule has 0 saturated heterocycles. The van der Waals surface area contributed by atoms with Crippen LogP contribution < -0.4 is 0 Å². The molecule has 0 aliphatic heterocycles. The van der Waals surface area contributed by atoms with Crippen LogP contribution in [0.1, 0.15) is 0 Å². The third kappa shape index (κ3) is 6.47. The van der Waals surface area contributed by atoms with Gasteiger partial charge < -0.3 is 18.0 Å². The van der Waals surface area contributed by atoms with Gasteiger partial charge in [0.1, 0.15) is 6.61 Å². The number of carbonyl (C=O) groups is 1. The standard InChI is InChI=1S/C7H13O5Si/c1-4-7(8)11-5-6-12-13(9-2)10-3/h4H,1,5-6H2,2-3H3. The highest BCUT2D eigenvalue weighted by molar-refractivity contribution is 6.36. The van der Waals surface area contributed by atoms with E-state index in [0.717, 1.165) is 6.08 Å². The first kappa shape index (κ1) is 12.3. The fourth-order valence-electron chi connectivity index (χ4n) is 0.527. The molecule has 0 aliphatic carbocycles. The third-order valence-electron chi connectivity index (χ3n) is 1.05. The van der Waals surface area contributed by atoms with E-state index < -0.39 is 15.5 Å². The summed E-state index contributed by atoms with van der Waals surface area (Å²) in [7, 11) is 1.34. The van der Waals surface area contributed by atoms with E-state index >= 15 is 0 Å². The highest BCUT2D eigenvalue weighted by Gasteiger charge is 2.14. The van der Waals surface area contributed by atoms with Gasteiger partial charge in [-0.2, -0.15) is 0 Å². The molecule has 75 valence electrons. The molecule has 0 N–H and O–H groups in total. The van der Waals surface area contributed by atoms with E-state index in [-0.39, 0.29) is 13.2 Å². The molecule has 0 heterocycles. The Kier molecular flexibility index (Phi) is 7.51. The molecule has 0 aromatic heterocycles. The molecule has 0 aromatic rings. The van der Waals surface area contributed by atoms with E-state index in [1.807, 2.05) is 0 Å². The van der Waals surface area contributed by atoms with Gasteiger partial charge in [0.05, 0.1) is 6.61 Å². The highest BCUT2D eigenvalue weighted by Crippen LogP contribution is 1.88. The fourth-order valence-corrected chi connectivity index (χ4v) is 1.18. The Morgan fingerprint density at radius 3 is 2.46 bits per heavy atom. The Morgan fingerprint density at radius 2 is 2.00 bits per heavy atom. The van der Waals surface area contributed by atoms with Crippen molar-refractivity contribution in [3.8, 4) is 0 Å². The zero-order valence-electron chi connectivity index (χ0n) is 7.74. The average molecular weight is 205 g/mol. The number of esters is 1. The van der Waals surface area contributed by atoms with Crippen molar-refractivity contribution in [3.05, 3.63) is 12.7 Å².